The molecule has 0 aliphatic rings. The van der Waals surface area contributed by atoms with E-state index in [1.807, 2.05) is 39.4 Å². The van der Waals surface area contributed by atoms with Crippen LogP contribution in [0.25, 0.3) is 0 Å². The Hall–Kier alpha value is -2.52. The molecule has 322 valence electrons. The molecule has 0 saturated carbocycles. The van der Waals surface area contributed by atoms with Crippen molar-refractivity contribution < 1.29 is 42.4 Å². The van der Waals surface area contributed by atoms with Crippen LogP contribution in [0.15, 0.2) is 85.3 Å². The van der Waals surface area contributed by atoms with E-state index >= 15 is 0 Å². The zero-order chi connectivity index (χ0) is 41.4. The molecule has 0 aromatic rings. The highest BCUT2D eigenvalue weighted by Gasteiger charge is 2.26. The smallest absolute Gasteiger partial charge is 0.472 e. The molecule has 0 bridgehead atoms. The Kier molecular flexibility index (Phi) is 36.3. The van der Waals surface area contributed by atoms with Gasteiger partial charge in [0, 0.05) is 6.42 Å². The number of nitrogens with zero attached hydrogens (tertiary/aromatic N) is 1. The highest BCUT2D eigenvalue weighted by molar-refractivity contribution is 7.47. The van der Waals surface area contributed by atoms with E-state index in [0.717, 1.165) is 44.9 Å². The normalized spacial score (nSPS) is 15.1. The van der Waals surface area contributed by atoms with Crippen molar-refractivity contribution in [2.75, 3.05) is 47.5 Å². The van der Waals surface area contributed by atoms with Gasteiger partial charge in [0.25, 0.3) is 0 Å². The van der Waals surface area contributed by atoms with Crippen molar-refractivity contribution in [3.63, 3.8) is 0 Å². The van der Waals surface area contributed by atoms with Gasteiger partial charge in [-0.15, -0.1) is 0 Å². The summed E-state index contributed by atoms with van der Waals surface area (Å²) in [5, 5.41) is 10.4. The Morgan fingerprint density at radius 3 is 1.77 bits per heavy atom. The number of quaternary nitrogens is 1. The predicted octanol–water partition coefficient (Wildman–Crippen LogP) is 11.8. The second-order valence-corrected chi connectivity index (χ2v) is 16.7. The van der Waals surface area contributed by atoms with Gasteiger partial charge in [-0.05, 0) is 57.4 Å². The van der Waals surface area contributed by atoms with Gasteiger partial charge < -0.3 is 24.0 Å². The molecule has 0 rings (SSSR count). The van der Waals surface area contributed by atoms with Crippen molar-refractivity contribution in [3.05, 3.63) is 85.3 Å². The number of likely N-dealkylation sites (N-methyl/N-ethyl adjacent to an activating group) is 1. The van der Waals surface area contributed by atoms with Gasteiger partial charge in [-0.1, -0.05) is 157 Å². The van der Waals surface area contributed by atoms with Crippen LogP contribution in [-0.2, 0) is 27.9 Å². The van der Waals surface area contributed by atoms with Crippen molar-refractivity contribution >= 4 is 13.8 Å². The topological polar surface area (TPSA) is 112 Å². The number of phosphoric acid groups is 1. The first kappa shape index (κ1) is 53.5. The first-order valence-electron chi connectivity index (χ1n) is 21.5. The maximum absolute atomic E-state index is 12.7. The number of rotatable bonds is 38. The third-order valence-corrected chi connectivity index (χ3v) is 9.64. The van der Waals surface area contributed by atoms with E-state index < -0.39 is 26.0 Å². The average Bonchev–Trinajstić information content (AvgIpc) is 3.15. The monoisotopic (exact) mass is 807 g/mol. The van der Waals surface area contributed by atoms with Gasteiger partial charge in [0.15, 0.2) is 6.10 Å². The summed E-state index contributed by atoms with van der Waals surface area (Å²) in [5.74, 6) is -0.566. The molecule has 0 amide bonds. The van der Waals surface area contributed by atoms with Crippen LogP contribution in [-0.4, -0.2) is 80.2 Å². The van der Waals surface area contributed by atoms with Crippen molar-refractivity contribution in [1.29, 1.82) is 0 Å². The molecule has 2 N–H and O–H groups in total. The van der Waals surface area contributed by atoms with Crippen LogP contribution >= 0.6 is 7.82 Å². The van der Waals surface area contributed by atoms with E-state index in [2.05, 4.69) is 62.5 Å². The van der Waals surface area contributed by atoms with E-state index in [1.165, 1.54) is 70.6 Å². The minimum absolute atomic E-state index is 0.0329. The molecule has 0 radical (unpaired) electrons. The minimum Gasteiger partial charge on any atom is -0.498 e. The van der Waals surface area contributed by atoms with Crippen molar-refractivity contribution in [3.8, 4) is 0 Å². The largest absolute Gasteiger partial charge is 0.498 e. The molecule has 0 aromatic carbocycles. The number of phosphoric ester groups is 1. The number of carbonyl (C=O) groups is 1. The quantitative estimate of drug-likeness (QED) is 0.0121. The number of hydrogen-bond acceptors (Lipinski definition) is 7. The van der Waals surface area contributed by atoms with Gasteiger partial charge in [0.1, 0.15) is 19.8 Å². The summed E-state index contributed by atoms with van der Waals surface area (Å²) < 4.78 is 34.5. The fourth-order valence-corrected chi connectivity index (χ4v) is 6.02. The van der Waals surface area contributed by atoms with E-state index in [4.69, 9.17) is 18.5 Å². The molecule has 2 unspecified atom stereocenters. The fraction of sp³-hybridized carbons (Fsp3) is 0.674. The summed E-state index contributed by atoms with van der Waals surface area (Å²) in [6.07, 6.45) is 47.5. The number of hydrogen-bond donors (Lipinski definition) is 2. The third kappa shape index (κ3) is 41.1. The van der Waals surface area contributed by atoms with Crippen molar-refractivity contribution in [1.82, 2.24) is 0 Å². The lowest BCUT2D eigenvalue weighted by atomic mass is 10.0. The molecule has 0 fully saturated rings. The van der Waals surface area contributed by atoms with E-state index in [-0.39, 0.29) is 32.7 Å². The lowest BCUT2D eigenvalue weighted by Crippen LogP contribution is -2.37. The van der Waals surface area contributed by atoms with Gasteiger partial charge in [0.05, 0.1) is 40.1 Å². The summed E-state index contributed by atoms with van der Waals surface area (Å²) in [4.78, 5) is 22.8. The molecule has 0 spiro atoms. The minimum atomic E-state index is -4.36. The van der Waals surface area contributed by atoms with Crippen LogP contribution in [0.3, 0.4) is 0 Å². The van der Waals surface area contributed by atoms with Crippen molar-refractivity contribution in [2.24, 2.45) is 0 Å². The molecule has 0 aliphatic carbocycles. The van der Waals surface area contributed by atoms with Crippen LogP contribution in [0, 0.1) is 0 Å². The predicted molar refractivity (Wildman–Crippen MR) is 234 cm³/mol. The molecule has 3 atom stereocenters. The average molecular weight is 807 g/mol. The van der Waals surface area contributed by atoms with E-state index in [9.17, 15) is 19.4 Å². The fourth-order valence-electron chi connectivity index (χ4n) is 5.27. The summed E-state index contributed by atoms with van der Waals surface area (Å²) in [7, 11) is 1.48. The number of unbranched alkanes of at least 4 members (excludes halogenated alkanes) is 12. The SMILES string of the molecule is CC/C=C\C/C=C\C/C=C\C/C=C\C/C=C\C=C/C(O)CCC(=O)O[C@H](CO/C=C/CCCCCCCCCCCCCC)COP(=O)(O)OCC[N+](C)(C)C. The number of aliphatic hydroxyl groups is 1. The standard InChI is InChI=1S/C46H80NO8P/c1-6-8-10-12-14-16-18-20-22-23-24-26-28-30-32-34-36-44(48)37-38-46(49)55-45(43-54-56(50,51)53-41-39-47(3,4)5)42-52-40-35-33-31-29-27-25-21-19-17-15-13-11-9-7-2/h8,10,14,16,20,22,24,26,30,32,34-36,40,44-45,48H,6-7,9,11-13,15,17-19,21,23,25,27-29,31,33,37-39,41-43H2,1-5H3/p+1/b10-8-,16-14-,22-20-,26-24-,32-30-,36-34-,40-35+/t44?,45-/m1/s1. The molecule has 0 saturated heterocycles. The first-order chi connectivity index (χ1) is 27.0. The van der Waals surface area contributed by atoms with Gasteiger partial charge in [-0.2, -0.15) is 0 Å². The third-order valence-electron chi connectivity index (χ3n) is 8.65. The molecule has 10 heteroatoms. The zero-order valence-electron chi connectivity index (χ0n) is 35.9. The molecular formula is C46H81NO8P+. The van der Waals surface area contributed by atoms with E-state index in [1.54, 1.807) is 18.4 Å². The second-order valence-electron chi connectivity index (χ2n) is 15.3. The Bertz CT molecular complexity index is 1180. The Morgan fingerprint density at radius 1 is 0.679 bits per heavy atom. The Labute approximate surface area is 342 Å². The highest BCUT2D eigenvalue weighted by Crippen LogP contribution is 2.43. The van der Waals surface area contributed by atoms with Crippen LogP contribution in [0.2, 0.25) is 0 Å². The Morgan fingerprint density at radius 2 is 1.21 bits per heavy atom. The van der Waals surface area contributed by atoms with Crippen LogP contribution in [0.1, 0.15) is 142 Å². The van der Waals surface area contributed by atoms with Gasteiger partial charge in [-0.3, -0.25) is 13.8 Å². The van der Waals surface area contributed by atoms with E-state index in [0.29, 0.717) is 11.0 Å². The molecule has 9 nitrogen and oxygen atoms in total. The maximum atomic E-state index is 12.7. The number of carbonyl (C=O) groups excluding carboxylic acids is 1. The molecule has 0 aliphatic heterocycles. The summed E-state index contributed by atoms with van der Waals surface area (Å²) >= 11 is 0. The van der Waals surface area contributed by atoms with Gasteiger partial charge in [0.2, 0.25) is 0 Å². The van der Waals surface area contributed by atoms with Crippen LogP contribution in [0.4, 0.5) is 0 Å². The first-order valence-corrected chi connectivity index (χ1v) is 23.0. The van der Waals surface area contributed by atoms with Gasteiger partial charge in [-0.25, -0.2) is 4.57 Å². The number of allylic oxidation sites excluding steroid dienone is 12. The lowest BCUT2D eigenvalue weighted by Gasteiger charge is -2.24. The van der Waals surface area contributed by atoms with Crippen LogP contribution < -0.4 is 0 Å². The highest BCUT2D eigenvalue weighted by atomic mass is 31.2. The summed E-state index contributed by atoms with van der Waals surface area (Å²) in [6.45, 7) is 4.51. The molecule has 0 aromatic heterocycles. The second kappa shape index (κ2) is 38.0. The number of esters is 1. The Balaban J connectivity index is 4.58. The number of aliphatic hydroxyl groups excluding tert-OH is 1. The number of ether oxygens (including phenoxy) is 2. The molecular weight excluding hydrogens is 725 g/mol. The summed E-state index contributed by atoms with van der Waals surface area (Å²) in [5.41, 5.74) is 0. The molecule has 56 heavy (non-hydrogen) atoms. The zero-order valence-corrected chi connectivity index (χ0v) is 36.8. The lowest BCUT2D eigenvalue weighted by molar-refractivity contribution is -0.870. The maximum Gasteiger partial charge on any atom is 0.472 e. The summed E-state index contributed by atoms with van der Waals surface area (Å²) in [6, 6.07) is 0. The van der Waals surface area contributed by atoms with Crippen molar-refractivity contribution in [2.45, 2.75) is 154 Å². The van der Waals surface area contributed by atoms with Gasteiger partial charge >= 0.3 is 13.8 Å². The molecule has 0 heterocycles. The van der Waals surface area contributed by atoms with Crippen LogP contribution in [0.5, 0.6) is 0 Å².